The zero-order valence-electron chi connectivity index (χ0n) is 7.72. The van der Waals surface area contributed by atoms with E-state index in [4.69, 9.17) is 0 Å². The highest BCUT2D eigenvalue weighted by Gasteiger charge is 2.13. The number of aromatic nitrogens is 2. The van der Waals surface area contributed by atoms with Gasteiger partial charge in [-0.15, -0.1) is 0 Å². The third-order valence-electron chi connectivity index (χ3n) is 1.92. The standard InChI is InChI=1S/C11H7BrN2O/c12-9-6-13-7-14-10(9)11(15)8-4-2-1-3-5-8/h1-7H. The SMILES string of the molecule is O=C(c1ccccc1)c1ncncc1Br. The zero-order chi connectivity index (χ0) is 10.7. The molecule has 74 valence electrons. The van der Waals surface area contributed by atoms with Gasteiger partial charge in [-0.2, -0.15) is 0 Å². The molecule has 15 heavy (non-hydrogen) atoms. The van der Waals surface area contributed by atoms with Crippen LogP contribution < -0.4 is 0 Å². The van der Waals surface area contributed by atoms with Crippen molar-refractivity contribution in [3.05, 3.63) is 58.6 Å². The van der Waals surface area contributed by atoms with Gasteiger partial charge >= 0.3 is 0 Å². The second-order valence-corrected chi connectivity index (χ2v) is 3.77. The molecule has 0 aliphatic heterocycles. The van der Waals surface area contributed by atoms with Crippen LogP contribution in [-0.2, 0) is 0 Å². The van der Waals surface area contributed by atoms with Crippen LogP contribution in [0.2, 0.25) is 0 Å². The van der Waals surface area contributed by atoms with Gasteiger partial charge in [0, 0.05) is 11.8 Å². The summed E-state index contributed by atoms with van der Waals surface area (Å²) in [5.41, 5.74) is 1.01. The quantitative estimate of drug-likeness (QED) is 0.781. The van der Waals surface area contributed by atoms with Crippen molar-refractivity contribution in [3.63, 3.8) is 0 Å². The maximum atomic E-state index is 11.9. The molecule has 0 saturated heterocycles. The molecule has 0 unspecified atom stereocenters. The molecule has 4 heteroatoms. The number of rotatable bonds is 2. The van der Waals surface area contributed by atoms with E-state index in [0.29, 0.717) is 15.7 Å². The maximum absolute atomic E-state index is 11.9. The van der Waals surface area contributed by atoms with E-state index >= 15 is 0 Å². The highest BCUT2D eigenvalue weighted by Crippen LogP contribution is 2.15. The van der Waals surface area contributed by atoms with Gasteiger partial charge in [-0.1, -0.05) is 30.3 Å². The Hall–Kier alpha value is -1.55. The molecule has 0 radical (unpaired) electrons. The third-order valence-corrected chi connectivity index (χ3v) is 2.50. The normalized spacial score (nSPS) is 9.93. The van der Waals surface area contributed by atoms with Crippen molar-refractivity contribution in [2.45, 2.75) is 0 Å². The van der Waals surface area contributed by atoms with Gasteiger partial charge in [0.2, 0.25) is 5.78 Å². The van der Waals surface area contributed by atoms with E-state index in [1.807, 2.05) is 18.2 Å². The van der Waals surface area contributed by atoms with Crippen LogP contribution in [0.3, 0.4) is 0 Å². The molecule has 0 atom stereocenters. The fourth-order valence-corrected chi connectivity index (χ4v) is 1.61. The molecule has 0 N–H and O–H groups in total. The average Bonchev–Trinajstić information content (AvgIpc) is 2.30. The number of ketones is 1. The zero-order valence-corrected chi connectivity index (χ0v) is 9.31. The summed E-state index contributed by atoms with van der Waals surface area (Å²) >= 11 is 3.25. The highest BCUT2D eigenvalue weighted by atomic mass is 79.9. The summed E-state index contributed by atoms with van der Waals surface area (Å²) in [6.07, 6.45) is 2.92. The fraction of sp³-hybridized carbons (Fsp3) is 0. The minimum atomic E-state index is -0.107. The first-order valence-corrected chi connectivity index (χ1v) is 5.13. The van der Waals surface area contributed by atoms with Gasteiger partial charge in [0.05, 0.1) is 4.47 Å². The maximum Gasteiger partial charge on any atom is 0.212 e. The topological polar surface area (TPSA) is 42.9 Å². The Labute approximate surface area is 95.3 Å². The van der Waals surface area contributed by atoms with Crippen LogP contribution >= 0.6 is 15.9 Å². The first-order valence-electron chi connectivity index (χ1n) is 4.34. The Morgan fingerprint density at radius 2 is 1.93 bits per heavy atom. The van der Waals surface area contributed by atoms with Crippen LogP contribution in [0.25, 0.3) is 0 Å². The molecule has 0 fully saturated rings. The fourth-order valence-electron chi connectivity index (χ4n) is 1.21. The summed E-state index contributed by atoms with van der Waals surface area (Å²) in [6, 6.07) is 9.03. The lowest BCUT2D eigenvalue weighted by Crippen LogP contribution is -2.05. The van der Waals surface area contributed by atoms with E-state index in [9.17, 15) is 4.79 Å². The van der Waals surface area contributed by atoms with E-state index in [2.05, 4.69) is 25.9 Å². The molecule has 0 saturated carbocycles. The number of nitrogens with zero attached hydrogens (tertiary/aromatic N) is 2. The van der Waals surface area contributed by atoms with Gasteiger partial charge in [-0.25, -0.2) is 9.97 Å². The largest absolute Gasteiger partial charge is 0.287 e. The van der Waals surface area contributed by atoms with Crippen LogP contribution in [0.4, 0.5) is 0 Å². The number of hydrogen-bond acceptors (Lipinski definition) is 3. The van der Waals surface area contributed by atoms with E-state index in [-0.39, 0.29) is 5.78 Å². The Balaban J connectivity index is 2.42. The lowest BCUT2D eigenvalue weighted by molar-refractivity contribution is 0.103. The van der Waals surface area contributed by atoms with E-state index in [1.165, 1.54) is 6.33 Å². The summed E-state index contributed by atoms with van der Waals surface area (Å²) in [5.74, 6) is -0.107. The molecule has 2 aromatic rings. The van der Waals surface area contributed by atoms with Gasteiger partial charge < -0.3 is 0 Å². The van der Waals surface area contributed by atoms with E-state index < -0.39 is 0 Å². The molecule has 1 aromatic carbocycles. The number of halogens is 1. The summed E-state index contributed by atoms with van der Waals surface area (Å²) in [7, 11) is 0. The van der Waals surface area contributed by atoms with Crippen LogP contribution in [0.15, 0.2) is 47.3 Å². The van der Waals surface area contributed by atoms with Crippen molar-refractivity contribution in [2.75, 3.05) is 0 Å². The summed E-state index contributed by atoms with van der Waals surface area (Å²) in [6.45, 7) is 0. The van der Waals surface area contributed by atoms with Gasteiger partial charge in [-0.3, -0.25) is 4.79 Å². The van der Waals surface area contributed by atoms with Gasteiger partial charge in [0.1, 0.15) is 12.0 Å². The molecular weight excluding hydrogens is 256 g/mol. The van der Waals surface area contributed by atoms with Crippen molar-refractivity contribution in [1.82, 2.24) is 9.97 Å². The lowest BCUT2D eigenvalue weighted by Gasteiger charge is -2.01. The monoisotopic (exact) mass is 262 g/mol. The Kier molecular flexibility index (Phi) is 2.87. The second-order valence-electron chi connectivity index (χ2n) is 2.91. The van der Waals surface area contributed by atoms with Crippen molar-refractivity contribution >= 4 is 21.7 Å². The number of carbonyl (C=O) groups is 1. The van der Waals surface area contributed by atoms with Gasteiger partial charge in [0.25, 0.3) is 0 Å². The number of hydrogen-bond donors (Lipinski definition) is 0. The predicted octanol–water partition coefficient (Wildman–Crippen LogP) is 2.47. The molecule has 1 heterocycles. The van der Waals surface area contributed by atoms with Crippen molar-refractivity contribution < 1.29 is 4.79 Å². The Morgan fingerprint density at radius 3 is 2.60 bits per heavy atom. The van der Waals surface area contributed by atoms with E-state index in [0.717, 1.165) is 0 Å². The average molecular weight is 263 g/mol. The third kappa shape index (κ3) is 2.10. The molecule has 2 rings (SSSR count). The first-order chi connectivity index (χ1) is 7.29. The van der Waals surface area contributed by atoms with Crippen molar-refractivity contribution in [1.29, 1.82) is 0 Å². The molecule has 0 spiro atoms. The first kappa shape index (κ1) is 9.98. The highest BCUT2D eigenvalue weighted by molar-refractivity contribution is 9.10. The molecule has 0 aliphatic rings. The lowest BCUT2D eigenvalue weighted by atomic mass is 10.1. The molecule has 3 nitrogen and oxygen atoms in total. The Morgan fingerprint density at radius 1 is 1.20 bits per heavy atom. The van der Waals surface area contributed by atoms with Crippen molar-refractivity contribution in [3.8, 4) is 0 Å². The molecule has 0 aliphatic carbocycles. The Bertz CT molecular complexity index is 485. The summed E-state index contributed by atoms with van der Waals surface area (Å²) < 4.78 is 0.610. The van der Waals surface area contributed by atoms with Gasteiger partial charge in [-0.05, 0) is 15.9 Å². The molecule has 0 bridgehead atoms. The second kappa shape index (κ2) is 4.31. The summed E-state index contributed by atoms with van der Waals surface area (Å²) in [4.78, 5) is 19.7. The number of benzene rings is 1. The molecule has 1 aromatic heterocycles. The van der Waals surface area contributed by atoms with E-state index in [1.54, 1.807) is 18.3 Å². The molecular formula is C11H7BrN2O. The number of carbonyl (C=O) groups excluding carboxylic acids is 1. The van der Waals surface area contributed by atoms with Crippen LogP contribution in [0, 0.1) is 0 Å². The predicted molar refractivity (Wildman–Crippen MR) is 59.6 cm³/mol. The minimum absolute atomic E-state index is 0.107. The molecule has 0 amide bonds. The smallest absolute Gasteiger partial charge is 0.212 e. The van der Waals surface area contributed by atoms with Gasteiger partial charge in [0.15, 0.2) is 0 Å². The summed E-state index contributed by atoms with van der Waals surface area (Å²) in [5, 5.41) is 0. The van der Waals surface area contributed by atoms with Crippen LogP contribution in [0.5, 0.6) is 0 Å². The van der Waals surface area contributed by atoms with Crippen molar-refractivity contribution in [2.24, 2.45) is 0 Å². The van der Waals surface area contributed by atoms with Crippen LogP contribution in [0.1, 0.15) is 16.1 Å². The van der Waals surface area contributed by atoms with Crippen LogP contribution in [-0.4, -0.2) is 15.8 Å². The minimum Gasteiger partial charge on any atom is -0.287 e.